The summed E-state index contributed by atoms with van der Waals surface area (Å²) in [4.78, 5) is 1.87. The van der Waals surface area contributed by atoms with Crippen molar-refractivity contribution in [3.8, 4) is 0 Å². The van der Waals surface area contributed by atoms with Gasteiger partial charge in [0.2, 0.25) is 0 Å². The largest absolute Gasteiger partial charge is 0.384 e. The van der Waals surface area contributed by atoms with Gasteiger partial charge in [-0.3, -0.25) is 5.41 Å². The summed E-state index contributed by atoms with van der Waals surface area (Å²) in [6, 6.07) is 5.40. The quantitative estimate of drug-likeness (QED) is 0.605. The Morgan fingerprint density at radius 3 is 2.90 bits per heavy atom. The Hall–Kier alpha value is -0.730. The molecule has 1 aromatic carbocycles. The number of amidine groups is 1. The number of anilines is 1. The number of nitrogens with zero attached hydrogens (tertiary/aromatic N) is 1. The Labute approximate surface area is 137 Å². The Morgan fingerprint density at radius 1 is 1.57 bits per heavy atom. The summed E-state index contributed by atoms with van der Waals surface area (Å²) in [6.45, 7) is 2.30. The van der Waals surface area contributed by atoms with Gasteiger partial charge in [-0.2, -0.15) is 11.8 Å². The van der Waals surface area contributed by atoms with E-state index >= 15 is 0 Å². The molecule has 0 amide bonds. The van der Waals surface area contributed by atoms with Crippen LogP contribution in [0.5, 0.6) is 0 Å². The first-order valence-electron chi connectivity index (χ1n) is 6.56. The Balaban J connectivity index is 2.52. The maximum atomic E-state index is 12.4. The second kappa shape index (κ2) is 6.58. The van der Waals surface area contributed by atoms with Crippen molar-refractivity contribution in [2.24, 2.45) is 5.73 Å². The van der Waals surface area contributed by atoms with Crippen molar-refractivity contribution < 1.29 is 8.42 Å². The van der Waals surface area contributed by atoms with Crippen molar-refractivity contribution >= 4 is 49.1 Å². The van der Waals surface area contributed by atoms with E-state index in [1.165, 1.54) is 0 Å². The van der Waals surface area contributed by atoms with Crippen molar-refractivity contribution in [3.05, 3.63) is 28.2 Å². The minimum absolute atomic E-state index is 0.0524. The Morgan fingerprint density at radius 2 is 2.29 bits per heavy atom. The van der Waals surface area contributed by atoms with E-state index in [0.29, 0.717) is 23.5 Å². The van der Waals surface area contributed by atoms with Gasteiger partial charge < -0.3 is 10.6 Å². The van der Waals surface area contributed by atoms with Gasteiger partial charge in [0.15, 0.2) is 9.84 Å². The first kappa shape index (κ1) is 16.6. The van der Waals surface area contributed by atoms with E-state index in [4.69, 9.17) is 11.1 Å². The van der Waals surface area contributed by atoms with Gasteiger partial charge in [0.1, 0.15) is 11.2 Å². The van der Waals surface area contributed by atoms with Crippen LogP contribution in [0.3, 0.4) is 0 Å². The Kier molecular flexibility index (Phi) is 5.21. The molecule has 21 heavy (non-hydrogen) atoms. The average molecular weight is 392 g/mol. The highest BCUT2D eigenvalue weighted by Gasteiger charge is 2.34. The number of hydrogen-bond donors (Lipinski definition) is 2. The predicted octanol–water partition coefficient (Wildman–Crippen LogP) is 2.05. The highest BCUT2D eigenvalue weighted by molar-refractivity contribution is 9.10. The SMILES string of the molecule is CCS(=O)(=O)C1CSCCN1c1cc(Br)ccc1C(=N)N. The predicted molar refractivity (Wildman–Crippen MR) is 93.1 cm³/mol. The van der Waals surface area contributed by atoms with Crippen molar-refractivity contribution in [2.45, 2.75) is 12.3 Å². The van der Waals surface area contributed by atoms with E-state index in [1.807, 2.05) is 17.0 Å². The van der Waals surface area contributed by atoms with Crippen molar-refractivity contribution in [2.75, 3.05) is 28.7 Å². The third-order valence-corrected chi connectivity index (χ3v) is 7.24. The smallest absolute Gasteiger partial charge is 0.171 e. The third-order valence-electron chi connectivity index (χ3n) is 3.46. The number of sulfone groups is 1. The molecule has 3 N–H and O–H groups in total. The number of hydrogen-bond acceptors (Lipinski definition) is 5. The summed E-state index contributed by atoms with van der Waals surface area (Å²) in [5.74, 6) is 1.46. The lowest BCUT2D eigenvalue weighted by molar-refractivity contribution is 0.579. The van der Waals surface area contributed by atoms with Crippen LogP contribution in [0.1, 0.15) is 12.5 Å². The van der Waals surface area contributed by atoms with Gasteiger partial charge in [-0.1, -0.05) is 22.9 Å². The standard InChI is InChI=1S/C13H18BrN3O2S2/c1-2-21(18,19)12-8-20-6-5-17(12)11-7-9(14)3-4-10(11)13(15)16/h3-4,7,12H,2,5-6,8H2,1H3,(H3,15,16). The second-order valence-electron chi connectivity index (χ2n) is 4.75. The second-order valence-corrected chi connectivity index (χ2v) is 9.26. The number of rotatable bonds is 4. The Bertz CT molecular complexity index is 649. The monoisotopic (exact) mass is 391 g/mol. The van der Waals surface area contributed by atoms with E-state index in [1.54, 1.807) is 24.8 Å². The summed E-state index contributed by atoms with van der Waals surface area (Å²) in [5.41, 5.74) is 6.92. The molecule has 1 saturated heterocycles. The molecule has 1 atom stereocenters. The molecular formula is C13H18BrN3O2S2. The molecule has 0 spiro atoms. The third kappa shape index (κ3) is 3.54. The van der Waals surface area contributed by atoms with Gasteiger partial charge in [0.05, 0.1) is 0 Å². The van der Waals surface area contributed by atoms with Crippen molar-refractivity contribution in [1.82, 2.24) is 0 Å². The average Bonchev–Trinajstić information content (AvgIpc) is 2.46. The fraction of sp³-hybridized carbons (Fsp3) is 0.462. The molecule has 1 aromatic rings. The molecule has 5 nitrogen and oxygen atoms in total. The van der Waals surface area contributed by atoms with E-state index < -0.39 is 15.2 Å². The van der Waals surface area contributed by atoms with Crippen molar-refractivity contribution in [1.29, 1.82) is 5.41 Å². The molecule has 2 rings (SSSR count). The summed E-state index contributed by atoms with van der Waals surface area (Å²) >= 11 is 5.05. The minimum atomic E-state index is -3.20. The first-order valence-corrected chi connectivity index (χ1v) is 10.2. The lowest BCUT2D eigenvalue weighted by Gasteiger charge is -2.37. The molecule has 1 aliphatic rings. The molecule has 0 saturated carbocycles. The number of nitrogen functional groups attached to an aromatic ring is 1. The lowest BCUT2D eigenvalue weighted by Crippen LogP contribution is -2.48. The highest BCUT2D eigenvalue weighted by Crippen LogP contribution is 2.32. The van der Waals surface area contributed by atoms with Crippen LogP contribution in [0.2, 0.25) is 0 Å². The molecule has 1 heterocycles. The molecule has 0 aromatic heterocycles. The molecule has 116 valence electrons. The molecule has 1 aliphatic heterocycles. The van der Waals surface area contributed by atoms with Gasteiger partial charge >= 0.3 is 0 Å². The normalized spacial score (nSPS) is 19.5. The number of thioether (sulfide) groups is 1. The van der Waals surface area contributed by atoms with Crippen LogP contribution >= 0.6 is 27.7 Å². The first-order chi connectivity index (χ1) is 9.86. The summed E-state index contributed by atoms with van der Waals surface area (Å²) in [7, 11) is -3.20. The fourth-order valence-corrected chi connectivity index (χ4v) is 5.65. The van der Waals surface area contributed by atoms with Crippen molar-refractivity contribution in [3.63, 3.8) is 0 Å². The summed E-state index contributed by atoms with van der Waals surface area (Å²) in [6.07, 6.45) is 0. The molecule has 8 heteroatoms. The van der Waals surface area contributed by atoms with Gasteiger partial charge in [-0.05, 0) is 18.2 Å². The highest BCUT2D eigenvalue weighted by atomic mass is 79.9. The molecule has 1 unspecified atom stereocenters. The minimum Gasteiger partial charge on any atom is -0.384 e. The van der Waals surface area contributed by atoms with Crippen LogP contribution in [-0.4, -0.2) is 43.4 Å². The van der Waals surface area contributed by atoms with Crippen LogP contribution in [0.15, 0.2) is 22.7 Å². The fourth-order valence-electron chi connectivity index (χ4n) is 2.32. The van der Waals surface area contributed by atoms with Gasteiger partial charge in [-0.25, -0.2) is 8.42 Å². The van der Waals surface area contributed by atoms with Crippen LogP contribution in [0.25, 0.3) is 0 Å². The molecular weight excluding hydrogens is 374 g/mol. The molecule has 0 radical (unpaired) electrons. The molecule has 0 aliphatic carbocycles. The zero-order valence-electron chi connectivity index (χ0n) is 11.7. The van der Waals surface area contributed by atoms with E-state index in [0.717, 1.165) is 10.2 Å². The number of nitrogens with two attached hydrogens (primary N) is 1. The zero-order valence-corrected chi connectivity index (χ0v) is 14.9. The van der Waals surface area contributed by atoms with Crippen LogP contribution in [0, 0.1) is 5.41 Å². The summed E-state index contributed by atoms with van der Waals surface area (Å²) in [5, 5.41) is 7.15. The van der Waals surface area contributed by atoms with Gasteiger partial charge in [0.25, 0.3) is 0 Å². The number of nitrogens with one attached hydrogen (secondary N) is 1. The van der Waals surface area contributed by atoms with Crippen LogP contribution in [-0.2, 0) is 9.84 Å². The van der Waals surface area contributed by atoms with Gasteiger partial charge in [0, 0.05) is 39.5 Å². The maximum absolute atomic E-state index is 12.4. The lowest BCUT2D eigenvalue weighted by atomic mass is 10.1. The van der Waals surface area contributed by atoms with E-state index in [-0.39, 0.29) is 11.6 Å². The van der Waals surface area contributed by atoms with E-state index in [2.05, 4.69) is 15.9 Å². The zero-order chi connectivity index (χ0) is 15.6. The molecule has 1 fully saturated rings. The van der Waals surface area contributed by atoms with Crippen LogP contribution < -0.4 is 10.6 Å². The van der Waals surface area contributed by atoms with E-state index in [9.17, 15) is 8.42 Å². The summed E-state index contributed by atoms with van der Waals surface area (Å²) < 4.78 is 25.5. The molecule has 0 bridgehead atoms. The maximum Gasteiger partial charge on any atom is 0.171 e. The van der Waals surface area contributed by atoms with Gasteiger partial charge in [-0.15, -0.1) is 0 Å². The van der Waals surface area contributed by atoms with Crippen LogP contribution in [0.4, 0.5) is 5.69 Å². The number of benzene rings is 1. The number of halogens is 1. The topological polar surface area (TPSA) is 87.2 Å².